The van der Waals surface area contributed by atoms with Crippen LogP contribution in [-0.4, -0.2) is 86.8 Å². The van der Waals surface area contributed by atoms with Gasteiger partial charge in [-0.25, -0.2) is 73.3 Å². The first-order valence-electron chi connectivity index (χ1n) is 44.0. The average molecular weight is 1960 g/mol. The predicted octanol–water partition coefficient (Wildman–Crippen LogP) is 17.8. The number of hydrogen-bond acceptors (Lipinski definition) is 18. The first-order chi connectivity index (χ1) is 69.8. The highest BCUT2D eigenvalue weighted by Gasteiger charge is 2.21. The minimum absolute atomic E-state index is 0.00256. The van der Waals surface area contributed by atoms with Gasteiger partial charge in [-0.05, 0) is 158 Å². The van der Waals surface area contributed by atoms with Gasteiger partial charge in [0.05, 0.1) is 12.4 Å². The van der Waals surface area contributed by atoms with E-state index < -0.39 is 58.6 Å². The van der Waals surface area contributed by atoms with E-state index in [9.17, 15) is 72.7 Å². The van der Waals surface area contributed by atoms with Crippen molar-refractivity contribution >= 4 is 52.3 Å². The van der Waals surface area contributed by atoms with Gasteiger partial charge in [0, 0.05) is 169 Å². The van der Waals surface area contributed by atoms with Crippen LogP contribution in [0.2, 0.25) is 0 Å². The molecule has 19 rings (SSSR count). The Hall–Kier alpha value is -18.7. The molecule has 0 saturated carbocycles. The lowest BCUT2D eigenvalue weighted by Crippen LogP contribution is -2.26. The molecule has 0 unspecified atom stereocenters. The molecule has 5 amide bonds. The molecular formula is C106H83F10N17O11. The maximum absolute atomic E-state index is 14.1. The van der Waals surface area contributed by atoms with Gasteiger partial charge in [0.15, 0.2) is 11.3 Å². The Balaban J connectivity index is 0.000000135. The Morgan fingerprint density at radius 1 is 0.292 bits per heavy atom. The van der Waals surface area contributed by atoms with Gasteiger partial charge in [0.2, 0.25) is 5.78 Å². The molecule has 9 heterocycles. The third kappa shape index (κ3) is 27.2. The van der Waals surface area contributed by atoms with Crippen molar-refractivity contribution in [3.8, 4) is 28.7 Å². The highest BCUT2D eigenvalue weighted by atomic mass is 19.2. The van der Waals surface area contributed by atoms with E-state index in [1.165, 1.54) is 161 Å². The van der Waals surface area contributed by atoms with Crippen molar-refractivity contribution in [3.63, 3.8) is 0 Å². The number of carbonyl (C=O) groups excluding carboxylic acids is 5. The summed E-state index contributed by atoms with van der Waals surface area (Å²) in [6, 6.07) is 65.4. The van der Waals surface area contributed by atoms with Crippen molar-refractivity contribution in [1.29, 1.82) is 0 Å². The fourth-order valence-corrected chi connectivity index (χ4v) is 13.7. The summed E-state index contributed by atoms with van der Waals surface area (Å²) in [5.41, 5.74) is 5.55. The number of amides is 5. The molecule has 0 radical (unpaired) electrons. The summed E-state index contributed by atoms with van der Waals surface area (Å²) in [5, 5.41) is 17.2. The highest BCUT2D eigenvalue weighted by Crippen LogP contribution is 2.27. The molecule has 19 aromatic rings. The fourth-order valence-electron chi connectivity index (χ4n) is 13.7. The van der Waals surface area contributed by atoms with Crippen LogP contribution >= 0.6 is 0 Å². The number of nitrogens with one attached hydrogen (secondary N) is 5. The summed E-state index contributed by atoms with van der Waals surface area (Å²) in [4.78, 5) is 97.8. The molecule has 0 aliphatic rings. The lowest BCUT2D eigenvalue weighted by molar-refractivity contribution is 0.0938. The molecule has 0 spiro atoms. The second-order valence-electron chi connectivity index (χ2n) is 31.4. The number of rotatable bonds is 30. The summed E-state index contributed by atoms with van der Waals surface area (Å²) < 4.78 is 175. The number of benzene rings is 10. The van der Waals surface area contributed by atoms with E-state index in [1.54, 1.807) is 191 Å². The number of pyridine rings is 2. The van der Waals surface area contributed by atoms with Crippen LogP contribution in [0.5, 0.6) is 28.7 Å². The number of aryl methyl sites for hydroxylation is 1. The molecule has 10 aromatic carbocycles. The molecular weight excluding hydrogens is 1880 g/mol. The van der Waals surface area contributed by atoms with Crippen LogP contribution in [0.1, 0.15) is 108 Å². The number of imidazole rings is 4. The van der Waals surface area contributed by atoms with E-state index in [0.29, 0.717) is 79.3 Å². The highest BCUT2D eigenvalue weighted by molar-refractivity contribution is 5.95. The molecule has 0 atom stereocenters. The topological polar surface area (TPSA) is 322 Å². The monoisotopic (exact) mass is 1960 g/mol. The number of fused-ring (bicyclic) bond motifs is 4. The summed E-state index contributed by atoms with van der Waals surface area (Å²) in [6.45, 7) is -0.218. The average Bonchev–Trinajstić information content (AvgIpc) is 1.71. The number of carbonyl (C=O) groups is 5. The Labute approximate surface area is 812 Å². The smallest absolute Gasteiger partial charge is 0.271 e. The van der Waals surface area contributed by atoms with E-state index in [4.69, 9.17) is 23.7 Å². The largest absolute Gasteiger partial charge is 0.489 e. The molecule has 0 aliphatic heterocycles. The minimum atomic E-state index is -0.512. The zero-order chi connectivity index (χ0) is 101. The van der Waals surface area contributed by atoms with Gasteiger partial charge in [-0.2, -0.15) is 5.10 Å². The van der Waals surface area contributed by atoms with Gasteiger partial charge in [0.25, 0.3) is 35.1 Å². The molecule has 0 aliphatic carbocycles. The van der Waals surface area contributed by atoms with Crippen LogP contribution in [0.25, 0.3) is 22.7 Å². The molecule has 0 bridgehead atoms. The van der Waals surface area contributed by atoms with E-state index in [1.807, 2.05) is 12.1 Å². The summed E-state index contributed by atoms with van der Waals surface area (Å²) in [6.07, 6.45) is 19.2. The van der Waals surface area contributed by atoms with E-state index in [-0.39, 0.29) is 157 Å². The van der Waals surface area contributed by atoms with Gasteiger partial charge in [-0.3, -0.25) is 38.2 Å². The third-order valence-electron chi connectivity index (χ3n) is 21.4. The van der Waals surface area contributed by atoms with Crippen LogP contribution in [0, 0.1) is 58.2 Å². The van der Waals surface area contributed by atoms with E-state index in [2.05, 4.69) is 61.6 Å². The van der Waals surface area contributed by atoms with Gasteiger partial charge >= 0.3 is 0 Å². The van der Waals surface area contributed by atoms with Crippen molar-refractivity contribution in [3.05, 3.63) is 488 Å². The van der Waals surface area contributed by atoms with Gasteiger partial charge < -0.3 is 63.6 Å². The van der Waals surface area contributed by atoms with Gasteiger partial charge in [-0.15, -0.1) is 0 Å². The van der Waals surface area contributed by atoms with E-state index in [0.717, 1.165) is 0 Å². The molecule has 0 fully saturated rings. The van der Waals surface area contributed by atoms with E-state index >= 15 is 0 Å². The van der Waals surface area contributed by atoms with Crippen LogP contribution in [-0.2, 0) is 72.8 Å². The molecule has 38 heteroatoms. The second-order valence-corrected chi connectivity index (χ2v) is 31.4. The maximum atomic E-state index is 14.1. The van der Waals surface area contributed by atoms with Crippen molar-refractivity contribution in [2.45, 2.75) is 65.8 Å². The normalized spacial score (nSPS) is 10.8. The lowest BCUT2D eigenvalue weighted by Gasteiger charge is -2.11. The van der Waals surface area contributed by atoms with Crippen LogP contribution < -0.4 is 55.8 Å². The molecule has 144 heavy (non-hydrogen) atoms. The molecule has 28 nitrogen and oxygen atoms in total. The zero-order valence-corrected chi connectivity index (χ0v) is 76.0. The SMILES string of the molecule is Cn1ccc(C(=O)NCc2cc(OCc3ccccc3F)ccc2F)cc1=O.O=C(NCc1cc(OCc2ccccc2F)ccc1F)c1cn2ccccc2n1.O=C(NCc1cc(OCc2ccccc2F)ccc1F)c1cn2cccnc2n1.O=C(NCc1cc(OCc2ccccc2F)ccc1F)c1cn2ccncc2n1.O=C(NCc1cc(OCc2ccccc2F)ccc1F)c1cn2ncccc2n1. The number of ether oxygens (including phenoxy) is 5. The lowest BCUT2D eigenvalue weighted by atomic mass is 10.2. The Morgan fingerprint density at radius 2 is 0.618 bits per heavy atom. The summed E-state index contributed by atoms with van der Waals surface area (Å²) >= 11 is 0. The van der Waals surface area contributed by atoms with Gasteiger partial charge in [-0.1, -0.05) is 97.1 Å². The van der Waals surface area contributed by atoms with Crippen LogP contribution in [0.4, 0.5) is 43.9 Å². The Morgan fingerprint density at radius 3 is 0.986 bits per heavy atom. The first kappa shape index (κ1) is 99.8. The van der Waals surface area contributed by atoms with Crippen LogP contribution in [0.15, 0.2) is 340 Å². The van der Waals surface area contributed by atoms with Gasteiger partial charge in [0.1, 0.15) is 148 Å². The van der Waals surface area contributed by atoms with Crippen molar-refractivity contribution < 1.29 is 91.6 Å². The molecule has 0 saturated heterocycles. The fraction of sp³-hybridized carbons (Fsp3) is 0.104. The predicted molar refractivity (Wildman–Crippen MR) is 507 cm³/mol. The Kier molecular flexibility index (Phi) is 33.3. The number of nitrogens with zero attached hydrogens (tertiary/aromatic N) is 12. The molecule has 5 N–H and O–H groups in total. The Bertz CT molecular complexity index is 7010. The van der Waals surface area contributed by atoms with Crippen molar-refractivity contribution in [1.82, 2.24) is 83.9 Å². The molecule has 9 aromatic heterocycles. The number of halogens is 10. The van der Waals surface area contributed by atoms with Crippen molar-refractivity contribution in [2.24, 2.45) is 7.05 Å². The third-order valence-corrected chi connectivity index (χ3v) is 21.4. The maximum Gasteiger partial charge on any atom is 0.271 e. The van der Waals surface area contributed by atoms with Crippen molar-refractivity contribution in [2.75, 3.05) is 0 Å². The minimum Gasteiger partial charge on any atom is -0.489 e. The standard InChI is InChI=1S/C22H17F2N3O2.3C21H16F2N4O2.C21H18F2N2O3/c23-18-6-2-1-5-15(18)14-29-17-8-9-19(24)16(11-17)12-25-22(28)20-13-27-10-4-3-7-21(27)26-20;22-17-5-2-1-4-14(17)13-29-16-6-7-18(23)15(10-16)11-25-20(28)19-12-27-9-3-8-24-21(27)26-19;22-17-5-2-1-4-14(17)13-29-16-7-8-18(23)15(10-16)11-24-21(28)19-12-27-20(26-19)6-3-9-25-27;22-17-4-2-1-3-14(17)13-29-16-5-6-18(23)15(9-16)10-25-21(28)19-12-27-8-7-24-11-20(27)26-19;1-25-9-8-14(11-20(25)26)21(27)24-12-16-10-17(6-7-19(16)23)28-13-15-4-2-3-5-18(15)22/h1-11,13H,12,14H2,(H,25,28);1-10,12H,11,13H2,(H,25,28);1-10,12H,11,13H2,(H,24,28);1-9,11-12H,10,13H2,(H,25,28);2-11H,12-13H2,1H3,(H,24,27). The first-order valence-corrected chi connectivity index (χ1v) is 44.0. The molecule has 728 valence electrons. The quantitative estimate of drug-likeness (QED) is 0.0261. The van der Waals surface area contributed by atoms with Crippen LogP contribution in [0.3, 0.4) is 0 Å². The summed E-state index contributed by atoms with van der Waals surface area (Å²) in [5.74, 6) is -4.31. The summed E-state index contributed by atoms with van der Waals surface area (Å²) in [7, 11) is 1.58. The number of aromatic nitrogens is 12. The zero-order valence-electron chi connectivity index (χ0n) is 76.0. The number of hydrogen-bond donors (Lipinski definition) is 5. The second kappa shape index (κ2) is 48.1.